The predicted octanol–water partition coefficient (Wildman–Crippen LogP) is 5.51. The smallest absolute Gasteiger partial charge is 0.433 e. The number of rotatable bonds is 8. The van der Waals surface area contributed by atoms with Gasteiger partial charge in [-0.1, -0.05) is 11.6 Å². The quantitative estimate of drug-likeness (QED) is 0.174. The zero-order chi connectivity index (χ0) is 24.9. The van der Waals surface area contributed by atoms with Crippen molar-refractivity contribution in [3.8, 4) is 28.5 Å². The highest BCUT2D eigenvalue weighted by molar-refractivity contribution is 7.07. The molecule has 0 aliphatic carbocycles. The summed E-state index contributed by atoms with van der Waals surface area (Å²) in [6.07, 6.45) is 1.38. The molecule has 0 spiro atoms. The zero-order valence-electron chi connectivity index (χ0n) is 18.8. The third-order valence-corrected chi connectivity index (χ3v) is 5.86. The van der Waals surface area contributed by atoms with Crippen LogP contribution >= 0.6 is 22.9 Å². The first kappa shape index (κ1) is 24.0. The number of furan rings is 1. The van der Waals surface area contributed by atoms with E-state index in [1.165, 1.54) is 51.0 Å². The highest BCUT2D eigenvalue weighted by atomic mass is 35.5. The lowest BCUT2D eigenvalue weighted by Crippen LogP contribution is -2.11. The van der Waals surface area contributed by atoms with E-state index in [1.54, 1.807) is 41.1 Å². The summed E-state index contributed by atoms with van der Waals surface area (Å²) < 4.78 is 23.2. The molecule has 0 aliphatic rings. The summed E-state index contributed by atoms with van der Waals surface area (Å²) in [5, 5.41) is 17.9. The molecule has 2 heterocycles. The number of halogens is 1. The van der Waals surface area contributed by atoms with E-state index >= 15 is 0 Å². The van der Waals surface area contributed by atoms with Crippen LogP contribution in [-0.4, -0.2) is 37.1 Å². The van der Waals surface area contributed by atoms with Gasteiger partial charge in [-0.05, 0) is 42.5 Å². The maximum absolute atomic E-state index is 10.9. The van der Waals surface area contributed by atoms with Gasteiger partial charge in [0.25, 0.3) is 0 Å². The van der Waals surface area contributed by atoms with Crippen LogP contribution in [0.2, 0.25) is 5.02 Å². The van der Waals surface area contributed by atoms with Gasteiger partial charge in [-0.2, -0.15) is 5.10 Å². The Morgan fingerprint density at radius 3 is 2.31 bits per heavy atom. The third kappa shape index (κ3) is 5.20. The molecular formula is C23H19ClN4O6S. The summed E-state index contributed by atoms with van der Waals surface area (Å²) in [6, 6.07) is 13.4. The minimum Gasteiger partial charge on any atom is -0.493 e. The van der Waals surface area contributed by atoms with Gasteiger partial charge in [0.15, 0.2) is 17.3 Å². The second-order valence-corrected chi connectivity index (χ2v) is 8.17. The molecular weight excluding hydrogens is 496 g/mol. The number of nitrogens with zero attached hydrogens (tertiary/aromatic N) is 4. The summed E-state index contributed by atoms with van der Waals surface area (Å²) in [6.45, 7) is 0. The molecule has 0 unspecified atom stereocenters. The van der Waals surface area contributed by atoms with Crippen molar-refractivity contribution in [2.75, 3.05) is 21.3 Å². The van der Waals surface area contributed by atoms with E-state index < -0.39 is 4.92 Å². The molecule has 2 aromatic heterocycles. The number of hydrogen-bond donors (Lipinski definition) is 0. The van der Waals surface area contributed by atoms with Crippen LogP contribution in [0.5, 0.6) is 17.2 Å². The average molecular weight is 515 g/mol. The molecule has 0 fully saturated rings. The van der Waals surface area contributed by atoms with Crippen LogP contribution in [-0.2, 0) is 0 Å². The summed E-state index contributed by atoms with van der Waals surface area (Å²) in [5.74, 6) is 1.24. The number of aromatic nitrogens is 1. The number of thiazole rings is 1. The molecule has 0 saturated carbocycles. The summed E-state index contributed by atoms with van der Waals surface area (Å²) >= 11 is 7.34. The van der Waals surface area contributed by atoms with Crippen molar-refractivity contribution in [1.29, 1.82) is 0 Å². The standard InChI is InChI=1S/C23H19ClN4O6S/c1-31-19-10-14(11-20(32-2)22(19)33-3)18-13-35-23(26-16-6-4-15(24)5-7-16)27(18)25-12-17-8-9-21(34-17)28(29)30/h4-13H,1-3H3. The Balaban J connectivity index is 1.88. The Hall–Kier alpha value is -4.09. The van der Waals surface area contributed by atoms with Gasteiger partial charge in [0, 0.05) is 16.0 Å². The first-order valence-electron chi connectivity index (χ1n) is 10.0. The molecule has 12 heteroatoms. The molecule has 2 aromatic carbocycles. The highest BCUT2D eigenvalue weighted by Gasteiger charge is 2.17. The molecule has 0 N–H and O–H groups in total. The van der Waals surface area contributed by atoms with Gasteiger partial charge in [0.05, 0.1) is 45.0 Å². The van der Waals surface area contributed by atoms with Gasteiger partial charge in [0.2, 0.25) is 10.6 Å². The van der Waals surface area contributed by atoms with Crippen molar-refractivity contribution in [3.05, 3.63) is 79.6 Å². The molecule has 0 saturated heterocycles. The normalized spacial score (nSPS) is 11.7. The minimum absolute atomic E-state index is 0.212. The average Bonchev–Trinajstić information content (AvgIpc) is 3.50. The Morgan fingerprint density at radius 1 is 1.06 bits per heavy atom. The number of ether oxygens (including phenoxy) is 3. The third-order valence-electron chi connectivity index (χ3n) is 4.79. The van der Waals surface area contributed by atoms with Crippen LogP contribution in [0.15, 0.2) is 68.4 Å². The fraction of sp³-hybridized carbons (Fsp3) is 0.130. The van der Waals surface area contributed by atoms with Crippen LogP contribution in [0.3, 0.4) is 0 Å². The topological polar surface area (TPSA) is 114 Å². The van der Waals surface area contributed by atoms with Gasteiger partial charge in [0.1, 0.15) is 4.92 Å². The molecule has 4 aromatic rings. The first-order valence-corrected chi connectivity index (χ1v) is 11.3. The lowest BCUT2D eigenvalue weighted by atomic mass is 10.1. The maximum atomic E-state index is 10.9. The molecule has 35 heavy (non-hydrogen) atoms. The lowest BCUT2D eigenvalue weighted by molar-refractivity contribution is -0.402. The number of methoxy groups -OCH3 is 3. The molecule has 0 radical (unpaired) electrons. The fourth-order valence-electron chi connectivity index (χ4n) is 3.17. The van der Waals surface area contributed by atoms with Crippen molar-refractivity contribution >= 4 is 40.7 Å². The van der Waals surface area contributed by atoms with E-state index in [1.807, 2.05) is 5.38 Å². The van der Waals surface area contributed by atoms with E-state index in [0.717, 1.165) is 5.56 Å². The number of hydrogen-bond acceptors (Lipinski definition) is 9. The van der Waals surface area contributed by atoms with E-state index in [2.05, 4.69) is 10.1 Å². The minimum atomic E-state index is -0.613. The van der Waals surface area contributed by atoms with Crippen LogP contribution in [0.1, 0.15) is 5.76 Å². The Bertz CT molecular complexity index is 1430. The van der Waals surface area contributed by atoms with Crippen LogP contribution < -0.4 is 19.0 Å². The van der Waals surface area contributed by atoms with E-state index in [0.29, 0.717) is 38.5 Å². The van der Waals surface area contributed by atoms with E-state index in [-0.39, 0.29) is 11.6 Å². The summed E-state index contributed by atoms with van der Waals surface area (Å²) in [4.78, 5) is 15.5. The SMILES string of the molecule is COc1cc(-c2csc(=Nc3ccc(Cl)cc3)n2N=Cc2ccc([N+](=O)[O-])o2)cc(OC)c1OC. The summed E-state index contributed by atoms with van der Waals surface area (Å²) in [7, 11) is 4.60. The van der Waals surface area contributed by atoms with Crippen molar-refractivity contribution < 1.29 is 23.6 Å². The molecule has 0 aliphatic heterocycles. The van der Waals surface area contributed by atoms with Gasteiger partial charge in [-0.3, -0.25) is 10.1 Å². The van der Waals surface area contributed by atoms with Gasteiger partial charge >= 0.3 is 5.88 Å². The lowest BCUT2D eigenvalue weighted by Gasteiger charge is -2.14. The predicted molar refractivity (Wildman–Crippen MR) is 132 cm³/mol. The first-order chi connectivity index (χ1) is 16.9. The zero-order valence-corrected chi connectivity index (χ0v) is 20.4. The molecule has 0 atom stereocenters. The van der Waals surface area contributed by atoms with Crippen molar-refractivity contribution in [2.24, 2.45) is 10.1 Å². The van der Waals surface area contributed by atoms with Crippen molar-refractivity contribution in [1.82, 2.24) is 4.68 Å². The van der Waals surface area contributed by atoms with Crippen LogP contribution in [0, 0.1) is 10.1 Å². The maximum Gasteiger partial charge on any atom is 0.433 e. The molecule has 0 amide bonds. The molecule has 4 rings (SSSR count). The van der Waals surface area contributed by atoms with E-state index in [4.69, 9.17) is 30.2 Å². The highest BCUT2D eigenvalue weighted by Crippen LogP contribution is 2.41. The second kappa shape index (κ2) is 10.5. The van der Waals surface area contributed by atoms with E-state index in [9.17, 15) is 10.1 Å². The fourth-order valence-corrected chi connectivity index (χ4v) is 4.15. The number of benzene rings is 2. The second-order valence-electron chi connectivity index (χ2n) is 6.90. The van der Waals surface area contributed by atoms with Crippen molar-refractivity contribution in [3.63, 3.8) is 0 Å². The molecule has 180 valence electrons. The van der Waals surface area contributed by atoms with Gasteiger partial charge in [-0.15, -0.1) is 11.3 Å². The summed E-state index contributed by atoms with van der Waals surface area (Å²) in [5.41, 5.74) is 2.06. The molecule has 0 bridgehead atoms. The van der Waals surface area contributed by atoms with Gasteiger partial charge < -0.3 is 18.6 Å². The number of nitro groups is 1. The van der Waals surface area contributed by atoms with Crippen LogP contribution in [0.25, 0.3) is 11.3 Å². The monoisotopic (exact) mass is 514 g/mol. The van der Waals surface area contributed by atoms with Crippen LogP contribution in [0.4, 0.5) is 11.6 Å². The Kier molecular flexibility index (Phi) is 7.18. The van der Waals surface area contributed by atoms with Crippen molar-refractivity contribution in [2.45, 2.75) is 0 Å². The molecule has 10 nitrogen and oxygen atoms in total. The largest absolute Gasteiger partial charge is 0.493 e. The van der Waals surface area contributed by atoms with Gasteiger partial charge in [-0.25, -0.2) is 9.67 Å². The Morgan fingerprint density at radius 2 is 1.74 bits per heavy atom. The Labute approximate surface area is 208 Å².